The van der Waals surface area contributed by atoms with Gasteiger partial charge in [-0.05, 0) is 92.7 Å². The lowest BCUT2D eigenvalue weighted by molar-refractivity contribution is 0.189. The lowest BCUT2D eigenvalue weighted by atomic mass is 9.71. The minimum Gasteiger partial charge on any atom is -0.207 e. The van der Waals surface area contributed by atoms with Crippen molar-refractivity contribution in [2.75, 3.05) is 0 Å². The molecule has 1 unspecified atom stereocenters. The van der Waals surface area contributed by atoms with Crippen LogP contribution in [0.25, 0.3) is 0 Å². The van der Waals surface area contributed by atoms with E-state index in [0.717, 1.165) is 49.0 Å². The second-order valence-electron chi connectivity index (χ2n) is 9.82. The molecule has 1 aromatic carbocycles. The number of unbranched alkanes of at least 4 members (excludes halogenated alkanes) is 3. The fourth-order valence-electron chi connectivity index (χ4n) is 5.63. The molecule has 1 atom stereocenters. The van der Waals surface area contributed by atoms with Gasteiger partial charge in [-0.25, -0.2) is 4.39 Å². The Morgan fingerprint density at radius 2 is 1.69 bits per heavy atom. The highest BCUT2D eigenvalue weighted by Crippen LogP contribution is 2.40. The molecule has 0 bridgehead atoms. The standard InChI is InChI=1S/C28H43F/c1-3-5-6-7-8-27-20-15-24(21-28(27)29)10-9-23-13-18-26(19-14-23)25-16-11-22(4-2)12-17-25/h13,15,20-22,25-26H,3-12,14,16-19H2,1-2H3/t22-,25-,26?. The Hall–Kier alpha value is -1.11. The Labute approximate surface area is 179 Å². The monoisotopic (exact) mass is 398 g/mol. The second kappa shape index (κ2) is 11.9. The first-order valence-electron chi connectivity index (χ1n) is 12.6. The quantitative estimate of drug-likeness (QED) is 0.273. The maximum absolute atomic E-state index is 14.4. The van der Waals surface area contributed by atoms with Crippen LogP contribution in [0, 0.1) is 23.6 Å². The minimum absolute atomic E-state index is 0.0133. The van der Waals surface area contributed by atoms with Crippen molar-refractivity contribution in [2.24, 2.45) is 17.8 Å². The summed E-state index contributed by atoms with van der Waals surface area (Å²) in [6.45, 7) is 4.57. The molecule has 0 aliphatic heterocycles. The van der Waals surface area contributed by atoms with E-state index in [4.69, 9.17) is 0 Å². The predicted octanol–water partition coefficient (Wildman–Crippen LogP) is 8.82. The van der Waals surface area contributed by atoms with Gasteiger partial charge in [-0.2, -0.15) is 0 Å². The van der Waals surface area contributed by atoms with E-state index >= 15 is 0 Å². The van der Waals surface area contributed by atoms with Gasteiger partial charge in [0.15, 0.2) is 0 Å². The van der Waals surface area contributed by atoms with Gasteiger partial charge in [0, 0.05) is 0 Å². The summed E-state index contributed by atoms with van der Waals surface area (Å²) < 4.78 is 14.4. The van der Waals surface area contributed by atoms with Crippen molar-refractivity contribution in [3.05, 3.63) is 46.8 Å². The molecular formula is C28H43F. The maximum atomic E-state index is 14.4. The normalized spacial score (nSPS) is 25.1. The summed E-state index contributed by atoms with van der Waals surface area (Å²) in [4.78, 5) is 0. The zero-order valence-corrected chi connectivity index (χ0v) is 19.0. The molecule has 1 aromatic rings. The predicted molar refractivity (Wildman–Crippen MR) is 124 cm³/mol. The van der Waals surface area contributed by atoms with E-state index in [1.165, 1.54) is 76.2 Å². The van der Waals surface area contributed by atoms with E-state index in [-0.39, 0.29) is 5.82 Å². The number of allylic oxidation sites excluding steroid dienone is 2. The molecule has 29 heavy (non-hydrogen) atoms. The van der Waals surface area contributed by atoms with Gasteiger partial charge in [-0.15, -0.1) is 0 Å². The van der Waals surface area contributed by atoms with Crippen molar-refractivity contribution in [1.82, 2.24) is 0 Å². The molecule has 0 saturated heterocycles. The van der Waals surface area contributed by atoms with Gasteiger partial charge in [-0.1, -0.05) is 76.2 Å². The van der Waals surface area contributed by atoms with Gasteiger partial charge in [0.2, 0.25) is 0 Å². The number of halogens is 1. The highest BCUT2D eigenvalue weighted by Gasteiger charge is 2.27. The first kappa shape index (κ1) is 22.6. The van der Waals surface area contributed by atoms with Crippen LogP contribution in [-0.2, 0) is 12.8 Å². The van der Waals surface area contributed by atoms with Gasteiger partial charge in [0.25, 0.3) is 0 Å². The Morgan fingerprint density at radius 1 is 0.862 bits per heavy atom. The van der Waals surface area contributed by atoms with Gasteiger partial charge in [-0.3, -0.25) is 0 Å². The molecule has 162 valence electrons. The molecule has 2 aliphatic rings. The molecule has 1 saturated carbocycles. The summed E-state index contributed by atoms with van der Waals surface area (Å²) in [6, 6.07) is 6.00. The van der Waals surface area contributed by atoms with E-state index < -0.39 is 0 Å². The highest BCUT2D eigenvalue weighted by molar-refractivity contribution is 5.25. The smallest absolute Gasteiger partial charge is 0.126 e. The summed E-state index contributed by atoms with van der Waals surface area (Å²) in [5.74, 6) is 2.93. The lowest BCUT2D eigenvalue weighted by Crippen LogP contribution is -2.23. The van der Waals surface area contributed by atoms with E-state index in [9.17, 15) is 4.39 Å². The molecule has 1 heteroatoms. The summed E-state index contributed by atoms with van der Waals surface area (Å²) in [5.41, 5.74) is 3.69. The molecule has 0 radical (unpaired) electrons. The molecular weight excluding hydrogens is 355 g/mol. The fraction of sp³-hybridized carbons (Fsp3) is 0.714. The number of hydrogen-bond acceptors (Lipinski definition) is 0. The summed E-state index contributed by atoms with van der Waals surface area (Å²) in [5, 5.41) is 0. The Balaban J connectivity index is 1.41. The SMILES string of the molecule is CCCCCCc1ccc(CCC2=CCC([C@H]3CC[C@H](CC)CC3)CC2)cc1F. The average Bonchev–Trinajstić information content (AvgIpc) is 2.77. The topological polar surface area (TPSA) is 0 Å². The number of hydrogen-bond donors (Lipinski definition) is 0. The van der Waals surface area contributed by atoms with Crippen LogP contribution in [0.4, 0.5) is 4.39 Å². The molecule has 0 nitrogen and oxygen atoms in total. The van der Waals surface area contributed by atoms with Crippen LogP contribution in [0.1, 0.15) is 108 Å². The van der Waals surface area contributed by atoms with Gasteiger partial charge in [0.05, 0.1) is 0 Å². The molecule has 0 N–H and O–H groups in total. The van der Waals surface area contributed by atoms with Crippen LogP contribution in [0.2, 0.25) is 0 Å². The Kier molecular flexibility index (Phi) is 9.28. The third-order valence-electron chi connectivity index (χ3n) is 7.83. The van der Waals surface area contributed by atoms with Gasteiger partial charge in [0.1, 0.15) is 5.82 Å². The van der Waals surface area contributed by atoms with Crippen LogP contribution >= 0.6 is 0 Å². The molecule has 0 heterocycles. The lowest BCUT2D eigenvalue weighted by Gasteiger charge is -2.35. The van der Waals surface area contributed by atoms with E-state index in [2.05, 4.69) is 26.0 Å². The molecule has 0 aromatic heterocycles. The van der Waals surface area contributed by atoms with E-state index in [0.29, 0.717) is 0 Å². The zero-order chi connectivity index (χ0) is 20.5. The maximum Gasteiger partial charge on any atom is 0.126 e. The first-order valence-corrected chi connectivity index (χ1v) is 12.6. The minimum atomic E-state index is 0.0133. The summed E-state index contributed by atoms with van der Waals surface area (Å²) in [6.07, 6.45) is 21.6. The average molecular weight is 399 g/mol. The Bertz CT molecular complexity index is 636. The van der Waals surface area contributed by atoms with Crippen molar-refractivity contribution in [3.8, 4) is 0 Å². The third-order valence-corrected chi connectivity index (χ3v) is 7.83. The molecule has 0 amide bonds. The zero-order valence-electron chi connectivity index (χ0n) is 19.0. The number of aryl methyl sites for hydroxylation is 2. The number of benzene rings is 1. The van der Waals surface area contributed by atoms with Gasteiger partial charge < -0.3 is 0 Å². The van der Waals surface area contributed by atoms with E-state index in [1.807, 2.05) is 6.07 Å². The van der Waals surface area contributed by atoms with Crippen molar-refractivity contribution in [1.29, 1.82) is 0 Å². The van der Waals surface area contributed by atoms with Crippen LogP contribution in [0.3, 0.4) is 0 Å². The van der Waals surface area contributed by atoms with Crippen molar-refractivity contribution >= 4 is 0 Å². The van der Waals surface area contributed by atoms with Crippen molar-refractivity contribution < 1.29 is 4.39 Å². The highest BCUT2D eigenvalue weighted by atomic mass is 19.1. The fourth-order valence-corrected chi connectivity index (χ4v) is 5.63. The molecule has 1 fully saturated rings. The first-order chi connectivity index (χ1) is 14.2. The van der Waals surface area contributed by atoms with Crippen molar-refractivity contribution in [3.63, 3.8) is 0 Å². The van der Waals surface area contributed by atoms with Crippen LogP contribution in [0.5, 0.6) is 0 Å². The Morgan fingerprint density at radius 3 is 2.34 bits per heavy atom. The molecule has 0 spiro atoms. The largest absolute Gasteiger partial charge is 0.207 e. The molecule has 3 rings (SSSR count). The van der Waals surface area contributed by atoms with E-state index in [1.54, 1.807) is 11.6 Å². The number of rotatable bonds is 10. The van der Waals surface area contributed by atoms with Crippen LogP contribution < -0.4 is 0 Å². The van der Waals surface area contributed by atoms with Gasteiger partial charge >= 0.3 is 0 Å². The molecule has 2 aliphatic carbocycles. The van der Waals surface area contributed by atoms with Crippen LogP contribution in [-0.4, -0.2) is 0 Å². The summed E-state index contributed by atoms with van der Waals surface area (Å²) in [7, 11) is 0. The second-order valence-corrected chi connectivity index (χ2v) is 9.82. The van der Waals surface area contributed by atoms with Crippen LogP contribution in [0.15, 0.2) is 29.8 Å². The van der Waals surface area contributed by atoms with Crippen molar-refractivity contribution in [2.45, 2.75) is 110 Å². The third kappa shape index (κ3) is 6.97. The summed E-state index contributed by atoms with van der Waals surface area (Å²) >= 11 is 0.